The van der Waals surface area contributed by atoms with Crippen molar-refractivity contribution in [2.75, 3.05) is 6.54 Å². The van der Waals surface area contributed by atoms with Crippen LogP contribution in [-0.2, 0) is 11.3 Å². The number of hydrogen-bond acceptors (Lipinski definition) is 2. The summed E-state index contributed by atoms with van der Waals surface area (Å²) in [7, 11) is 0. The summed E-state index contributed by atoms with van der Waals surface area (Å²) in [5.74, 6) is 0. The Hall–Kier alpha value is -0.330. The minimum atomic E-state index is -2.46. The SMILES string of the molecule is O=S([O-])NCC=C(F)F. The van der Waals surface area contributed by atoms with E-state index in [0.29, 0.717) is 6.08 Å². The van der Waals surface area contributed by atoms with Crippen molar-refractivity contribution < 1.29 is 17.5 Å². The molecule has 0 spiro atoms. The Labute approximate surface area is 53.2 Å². The van der Waals surface area contributed by atoms with E-state index < -0.39 is 17.3 Å². The molecule has 0 aliphatic rings. The summed E-state index contributed by atoms with van der Waals surface area (Å²) in [5.41, 5.74) is 0. The lowest BCUT2D eigenvalue weighted by Crippen LogP contribution is -2.15. The molecule has 0 aromatic carbocycles. The van der Waals surface area contributed by atoms with E-state index in [0.717, 1.165) is 0 Å². The zero-order valence-corrected chi connectivity index (χ0v) is 5.08. The molecule has 1 N–H and O–H groups in total. The van der Waals surface area contributed by atoms with E-state index in [1.165, 1.54) is 0 Å². The average Bonchev–Trinajstić information content (AvgIpc) is 1.63. The van der Waals surface area contributed by atoms with E-state index in [9.17, 15) is 17.5 Å². The van der Waals surface area contributed by atoms with Crippen molar-refractivity contribution in [1.29, 1.82) is 0 Å². The molecule has 0 heterocycles. The summed E-state index contributed by atoms with van der Waals surface area (Å²) in [6.45, 7) is -0.363. The van der Waals surface area contributed by atoms with E-state index >= 15 is 0 Å². The van der Waals surface area contributed by atoms with Crippen molar-refractivity contribution in [2.24, 2.45) is 0 Å². The van der Waals surface area contributed by atoms with Crippen molar-refractivity contribution in [3.05, 3.63) is 12.2 Å². The second kappa shape index (κ2) is 4.54. The van der Waals surface area contributed by atoms with Crippen molar-refractivity contribution in [1.82, 2.24) is 4.72 Å². The van der Waals surface area contributed by atoms with E-state index in [-0.39, 0.29) is 6.54 Å². The topological polar surface area (TPSA) is 52.2 Å². The first-order chi connectivity index (χ1) is 4.13. The Balaban J connectivity index is 3.31. The van der Waals surface area contributed by atoms with Crippen molar-refractivity contribution >= 4 is 11.3 Å². The Morgan fingerprint density at radius 2 is 2.33 bits per heavy atom. The van der Waals surface area contributed by atoms with Crippen LogP contribution in [0.5, 0.6) is 0 Å². The largest absolute Gasteiger partial charge is 0.760 e. The fourth-order valence-electron chi connectivity index (χ4n) is 0.187. The van der Waals surface area contributed by atoms with Gasteiger partial charge in [-0.2, -0.15) is 8.78 Å². The minimum absolute atomic E-state index is 0.363. The van der Waals surface area contributed by atoms with Crippen molar-refractivity contribution in [3.63, 3.8) is 0 Å². The monoisotopic (exact) mass is 156 g/mol. The second-order valence-corrected chi connectivity index (χ2v) is 1.84. The normalized spacial score (nSPS) is 12.8. The zero-order chi connectivity index (χ0) is 7.28. The van der Waals surface area contributed by atoms with Crippen LogP contribution in [0.2, 0.25) is 0 Å². The molecule has 0 saturated heterocycles. The molecule has 0 bridgehead atoms. The van der Waals surface area contributed by atoms with E-state index in [1.54, 1.807) is 4.72 Å². The third-order valence-electron chi connectivity index (χ3n) is 0.458. The Bertz CT molecular complexity index is 134. The van der Waals surface area contributed by atoms with Crippen LogP contribution in [0, 0.1) is 0 Å². The van der Waals surface area contributed by atoms with Crippen molar-refractivity contribution in [3.8, 4) is 0 Å². The van der Waals surface area contributed by atoms with Crippen LogP contribution in [0.4, 0.5) is 8.78 Å². The standard InChI is InChI=1S/C3H5F2NO2S/c4-3(5)1-2-6-9(7)8/h1,6H,2H2,(H,7,8)/p-1. The molecule has 0 aliphatic heterocycles. The van der Waals surface area contributed by atoms with Gasteiger partial charge in [0.15, 0.2) is 0 Å². The second-order valence-electron chi connectivity index (χ2n) is 1.08. The number of halogens is 2. The number of nitrogens with one attached hydrogen (secondary N) is 1. The van der Waals surface area contributed by atoms with Gasteiger partial charge in [0, 0.05) is 17.8 Å². The molecule has 0 radical (unpaired) electrons. The first-order valence-electron chi connectivity index (χ1n) is 1.97. The summed E-state index contributed by atoms with van der Waals surface area (Å²) in [6, 6.07) is 0. The van der Waals surface area contributed by atoms with Crippen LogP contribution in [-0.4, -0.2) is 15.3 Å². The Morgan fingerprint density at radius 3 is 2.67 bits per heavy atom. The molecule has 9 heavy (non-hydrogen) atoms. The molecule has 6 heteroatoms. The maximum atomic E-state index is 11.1. The fraction of sp³-hybridized carbons (Fsp3) is 0.333. The lowest BCUT2D eigenvalue weighted by Gasteiger charge is -2.01. The molecule has 1 unspecified atom stereocenters. The summed E-state index contributed by atoms with van der Waals surface area (Å²) < 4.78 is 43.1. The van der Waals surface area contributed by atoms with Gasteiger partial charge in [-0.05, 0) is 6.08 Å². The quantitative estimate of drug-likeness (QED) is 0.591. The van der Waals surface area contributed by atoms with Crippen LogP contribution in [0.25, 0.3) is 0 Å². The molecule has 0 aromatic heterocycles. The molecule has 54 valence electrons. The fourth-order valence-corrected chi connectivity index (χ4v) is 0.406. The molecule has 3 nitrogen and oxygen atoms in total. The minimum Gasteiger partial charge on any atom is -0.760 e. The predicted octanol–water partition coefficient (Wildman–Crippen LogP) is 0.151. The summed E-state index contributed by atoms with van der Waals surface area (Å²) in [5, 5.41) is 0. The van der Waals surface area contributed by atoms with Gasteiger partial charge in [-0.3, -0.25) is 4.21 Å². The highest BCUT2D eigenvalue weighted by atomic mass is 32.2. The number of rotatable bonds is 3. The lowest BCUT2D eigenvalue weighted by atomic mass is 10.6. The summed E-state index contributed by atoms with van der Waals surface area (Å²) >= 11 is -2.46. The lowest BCUT2D eigenvalue weighted by molar-refractivity contribution is 0.418. The van der Waals surface area contributed by atoms with Crippen LogP contribution in [0.1, 0.15) is 0 Å². The summed E-state index contributed by atoms with van der Waals surface area (Å²) in [4.78, 5) is 0. The van der Waals surface area contributed by atoms with Crippen LogP contribution >= 0.6 is 0 Å². The van der Waals surface area contributed by atoms with Crippen LogP contribution in [0.15, 0.2) is 12.2 Å². The molecule has 0 rings (SSSR count). The molecule has 0 amide bonds. The van der Waals surface area contributed by atoms with Gasteiger partial charge >= 0.3 is 0 Å². The van der Waals surface area contributed by atoms with Gasteiger partial charge in [0.25, 0.3) is 6.08 Å². The highest BCUT2D eigenvalue weighted by Crippen LogP contribution is 1.93. The van der Waals surface area contributed by atoms with Gasteiger partial charge in [-0.25, -0.2) is 4.72 Å². The zero-order valence-electron chi connectivity index (χ0n) is 4.27. The predicted molar refractivity (Wildman–Crippen MR) is 27.2 cm³/mol. The first kappa shape index (κ1) is 8.67. The molecule has 1 atom stereocenters. The van der Waals surface area contributed by atoms with Gasteiger partial charge in [0.2, 0.25) is 0 Å². The van der Waals surface area contributed by atoms with Crippen molar-refractivity contribution in [2.45, 2.75) is 0 Å². The van der Waals surface area contributed by atoms with Gasteiger partial charge in [0.1, 0.15) is 0 Å². The Morgan fingerprint density at radius 1 is 1.78 bits per heavy atom. The van der Waals surface area contributed by atoms with Gasteiger partial charge in [-0.1, -0.05) is 0 Å². The average molecular weight is 156 g/mol. The third-order valence-corrected chi connectivity index (χ3v) is 0.860. The highest BCUT2D eigenvalue weighted by Gasteiger charge is 1.85. The number of hydrogen-bond donors (Lipinski definition) is 1. The van der Waals surface area contributed by atoms with Gasteiger partial charge in [0.05, 0.1) is 0 Å². The molecular formula is C3H4F2NO2S-. The van der Waals surface area contributed by atoms with Gasteiger partial charge < -0.3 is 4.55 Å². The third kappa shape index (κ3) is 7.67. The van der Waals surface area contributed by atoms with E-state index in [4.69, 9.17) is 0 Å². The van der Waals surface area contributed by atoms with Gasteiger partial charge in [-0.15, -0.1) is 0 Å². The first-order valence-corrected chi connectivity index (χ1v) is 3.04. The maximum absolute atomic E-state index is 11.1. The molecule has 0 aromatic rings. The van der Waals surface area contributed by atoms with Crippen LogP contribution < -0.4 is 4.72 Å². The van der Waals surface area contributed by atoms with E-state index in [2.05, 4.69) is 0 Å². The molecule has 0 fully saturated rings. The Kier molecular flexibility index (Phi) is 4.37. The highest BCUT2D eigenvalue weighted by molar-refractivity contribution is 7.77. The molecular weight excluding hydrogens is 152 g/mol. The molecule has 0 aliphatic carbocycles. The van der Waals surface area contributed by atoms with E-state index in [1.807, 2.05) is 0 Å². The smallest absolute Gasteiger partial charge is 0.267 e. The molecule has 0 saturated carbocycles. The maximum Gasteiger partial charge on any atom is 0.267 e. The van der Waals surface area contributed by atoms with Crippen LogP contribution in [0.3, 0.4) is 0 Å². The summed E-state index contributed by atoms with van der Waals surface area (Å²) in [6.07, 6.45) is -1.43.